The third-order valence-electron chi connectivity index (χ3n) is 3.42. The van der Waals surface area contributed by atoms with Crippen LogP contribution in [-0.4, -0.2) is 35.0 Å². The van der Waals surface area contributed by atoms with Gasteiger partial charge in [-0.3, -0.25) is 4.79 Å². The predicted octanol–water partition coefficient (Wildman–Crippen LogP) is 1.20. The fourth-order valence-electron chi connectivity index (χ4n) is 2.07. The van der Waals surface area contributed by atoms with E-state index in [1.807, 2.05) is 0 Å². The number of nitrogens with zero attached hydrogens (tertiary/aromatic N) is 1. The summed E-state index contributed by atoms with van der Waals surface area (Å²) >= 11 is 0. The molecule has 2 rings (SSSR count). The van der Waals surface area contributed by atoms with Crippen LogP contribution in [0.4, 0.5) is 0 Å². The van der Waals surface area contributed by atoms with Gasteiger partial charge in [0, 0.05) is 24.7 Å². The first-order valence-electron chi connectivity index (χ1n) is 5.92. The predicted molar refractivity (Wildman–Crippen MR) is 65.8 cm³/mol. The maximum Gasteiger partial charge on any atom is 0.253 e. The number of amides is 1. The molecule has 92 valence electrons. The van der Waals surface area contributed by atoms with Crippen LogP contribution in [0.5, 0.6) is 5.75 Å². The van der Waals surface area contributed by atoms with E-state index in [1.165, 1.54) is 12.1 Å². The Labute approximate surface area is 101 Å². The van der Waals surface area contributed by atoms with Crippen molar-refractivity contribution in [3.8, 4) is 5.75 Å². The van der Waals surface area contributed by atoms with Gasteiger partial charge in [0.2, 0.25) is 0 Å². The minimum absolute atomic E-state index is 0.00708. The quantitative estimate of drug-likeness (QED) is 0.767. The zero-order valence-corrected chi connectivity index (χ0v) is 9.97. The van der Waals surface area contributed by atoms with Gasteiger partial charge in [0.05, 0.1) is 0 Å². The summed E-state index contributed by atoms with van der Waals surface area (Å²) in [6, 6.07) is 6.40. The summed E-state index contributed by atoms with van der Waals surface area (Å²) in [4.78, 5) is 13.9. The minimum Gasteiger partial charge on any atom is -0.508 e. The van der Waals surface area contributed by atoms with Crippen LogP contribution in [0.1, 0.15) is 23.7 Å². The first-order chi connectivity index (χ1) is 8.08. The van der Waals surface area contributed by atoms with Gasteiger partial charge in [-0.1, -0.05) is 6.92 Å². The molecule has 1 aromatic rings. The molecule has 1 amide bonds. The highest BCUT2D eigenvalue weighted by molar-refractivity contribution is 5.94. The van der Waals surface area contributed by atoms with Crippen molar-refractivity contribution in [3.63, 3.8) is 0 Å². The molecule has 3 N–H and O–H groups in total. The highest BCUT2D eigenvalue weighted by atomic mass is 16.3. The van der Waals surface area contributed by atoms with Gasteiger partial charge in [0.25, 0.3) is 5.91 Å². The second-order valence-corrected chi connectivity index (χ2v) is 4.73. The van der Waals surface area contributed by atoms with E-state index in [2.05, 4.69) is 6.92 Å². The van der Waals surface area contributed by atoms with Gasteiger partial charge in [0.1, 0.15) is 5.75 Å². The van der Waals surface area contributed by atoms with E-state index in [0.717, 1.165) is 13.0 Å². The number of carbonyl (C=O) groups excluding carboxylic acids is 1. The highest BCUT2D eigenvalue weighted by Gasteiger charge is 2.26. The first kappa shape index (κ1) is 11.9. The van der Waals surface area contributed by atoms with E-state index in [4.69, 9.17) is 5.73 Å². The molecule has 1 saturated heterocycles. The summed E-state index contributed by atoms with van der Waals surface area (Å²) in [7, 11) is 0. The van der Waals surface area contributed by atoms with Gasteiger partial charge < -0.3 is 15.7 Å². The Hall–Kier alpha value is -1.55. The van der Waals surface area contributed by atoms with Crippen LogP contribution in [0.15, 0.2) is 24.3 Å². The van der Waals surface area contributed by atoms with Crippen molar-refractivity contribution in [1.82, 2.24) is 4.90 Å². The van der Waals surface area contributed by atoms with E-state index in [-0.39, 0.29) is 17.7 Å². The normalized spacial score (nSPS) is 24.7. The van der Waals surface area contributed by atoms with E-state index in [0.29, 0.717) is 18.0 Å². The van der Waals surface area contributed by atoms with Gasteiger partial charge in [0.15, 0.2) is 0 Å². The average molecular weight is 234 g/mol. The third kappa shape index (κ3) is 2.58. The lowest BCUT2D eigenvalue weighted by Gasteiger charge is -2.35. The molecule has 0 radical (unpaired) electrons. The second-order valence-electron chi connectivity index (χ2n) is 4.73. The largest absolute Gasteiger partial charge is 0.508 e. The van der Waals surface area contributed by atoms with E-state index < -0.39 is 0 Å². The number of nitrogens with two attached hydrogens (primary N) is 1. The van der Waals surface area contributed by atoms with Crippen LogP contribution >= 0.6 is 0 Å². The second kappa shape index (κ2) is 4.75. The summed E-state index contributed by atoms with van der Waals surface area (Å²) in [5.74, 6) is 0.636. The number of aromatic hydroxyl groups is 1. The lowest BCUT2D eigenvalue weighted by molar-refractivity contribution is 0.0672. The Morgan fingerprint density at radius 2 is 2.06 bits per heavy atom. The van der Waals surface area contributed by atoms with Crippen molar-refractivity contribution >= 4 is 5.91 Å². The zero-order valence-electron chi connectivity index (χ0n) is 9.97. The van der Waals surface area contributed by atoms with E-state index >= 15 is 0 Å². The number of phenolic OH excluding ortho intramolecular Hbond substituents is 1. The van der Waals surface area contributed by atoms with Crippen molar-refractivity contribution in [1.29, 1.82) is 0 Å². The third-order valence-corrected chi connectivity index (χ3v) is 3.42. The summed E-state index contributed by atoms with van der Waals surface area (Å²) in [6.07, 6.45) is 0.949. The van der Waals surface area contributed by atoms with E-state index in [9.17, 15) is 9.90 Å². The summed E-state index contributed by atoms with van der Waals surface area (Å²) in [6.45, 7) is 3.49. The van der Waals surface area contributed by atoms with Gasteiger partial charge in [-0.25, -0.2) is 0 Å². The summed E-state index contributed by atoms with van der Waals surface area (Å²) in [5, 5.41) is 9.18. The molecule has 0 aromatic heterocycles. The maximum atomic E-state index is 12.2. The number of hydrogen-bond donors (Lipinski definition) is 2. The number of piperidine rings is 1. The zero-order chi connectivity index (χ0) is 12.4. The molecule has 0 bridgehead atoms. The molecule has 17 heavy (non-hydrogen) atoms. The fourth-order valence-corrected chi connectivity index (χ4v) is 2.07. The molecule has 0 aliphatic carbocycles. The Kier molecular flexibility index (Phi) is 3.33. The molecule has 0 saturated carbocycles. The SMILES string of the molecule is CC1CCN(C(=O)c2ccc(O)cc2)CC1N. The fraction of sp³-hybridized carbons (Fsp3) is 0.462. The lowest BCUT2D eigenvalue weighted by atomic mass is 9.94. The van der Waals surface area contributed by atoms with Crippen molar-refractivity contribution in [3.05, 3.63) is 29.8 Å². The van der Waals surface area contributed by atoms with Gasteiger partial charge >= 0.3 is 0 Å². The standard InChI is InChI=1S/C13H18N2O2/c1-9-6-7-15(8-12(9)14)13(17)10-2-4-11(16)5-3-10/h2-5,9,12,16H,6-8,14H2,1H3. The number of carbonyl (C=O) groups is 1. The molecule has 4 heteroatoms. The topological polar surface area (TPSA) is 66.6 Å². The Morgan fingerprint density at radius 3 is 2.65 bits per heavy atom. The lowest BCUT2D eigenvalue weighted by Crippen LogP contribution is -2.49. The molecule has 2 unspecified atom stereocenters. The van der Waals surface area contributed by atoms with Crippen LogP contribution in [0.3, 0.4) is 0 Å². The Morgan fingerprint density at radius 1 is 1.41 bits per heavy atom. The Bertz CT molecular complexity index is 402. The molecule has 2 atom stereocenters. The molecule has 0 spiro atoms. The van der Waals surface area contributed by atoms with Crippen molar-refractivity contribution in [2.75, 3.05) is 13.1 Å². The smallest absolute Gasteiger partial charge is 0.253 e. The Balaban J connectivity index is 2.08. The number of benzene rings is 1. The monoisotopic (exact) mass is 234 g/mol. The molecule has 1 aliphatic heterocycles. The summed E-state index contributed by atoms with van der Waals surface area (Å²) in [5.41, 5.74) is 6.58. The maximum absolute atomic E-state index is 12.2. The average Bonchev–Trinajstić information content (AvgIpc) is 2.33. The van der Waals surface area contributed by atoms with Gasteiger partial charge in [-0.05, 0) is 36.6 Å². The van der Waals surface area contributed by atoms with Crippen LogP contribution in [0.2, 0.25) is 0 Å². The molecule has 1 aliphatic rings. The number of rotatable bonds is 1. The summed E-state index contributed by atoms with van der Waals surface area (Å²) < 4.78 is 0. The van der Waals surface area contributed by atoms with Crippen LogP contribution < -0.4 is 5.73 Å². The number of phenols is 1. The minimum atomic E-state index is -0.00708. The van der Waals surface area contributed by atoms with Gasteiger partial charge in [-0.15, -0.1) is 0 Å². The molecule has 4 nitrogen and oxygen atoms in total. The van der Waals surface area contributed by atoms with E-state index in [1.54, 1.807) is 17.0 Å². The molecule has 1 fully saturated rings. The number of hydrogen-bond acceptors (Lipinski definition) is 3. The van der Waals surface area contributed by atoms with Crippen molar-refractivity contribution in [2.45, 2.75) is 19.4 Å². The first-order valence-corrected chi connectivity index (χ1v) is 5.92. The molecule has 1 heterocycles. The number of likely N-dealkylation sites (tertiary alicyclic amines) is 1. The highest BCUT2D eigenvalue weighted by Crippen LogP contribution is 2.18. The van der Waals surface area contributed by atoms with Crippen molar-refractivity contribution < 1.29 is 9.90 Å². The van der Waals surface area contributed by atoms with Crippen molar-refractivity contribution in [2.24, 2.45) is 11.7 Å². The molecular formula is C13H18N2O2. The van der Waals surface area contributed by atoms with Crippen LogP contribution in [0, 0.1) is 5.92 Å². The van der Waals surface area contributed by atoms with Crippen LogP contribution in [-0.2, 0) is 0 Å². The molecule has 1 aromatic carbocycles. The van der Waals surface area contributed by atoms with Gasteiger partial charge in [-0.2, -0.15) is 0 Å². The van der Waals surface area contributed by atoms with Crippen LogP contribution in [0.25, 0.3) is 0 Å². The molecular weight excluding hydrogens is 216 g/mol.